The number of hydrogen-bond acceptors (Lipinski definition) is 4. The third kappa shape index (κ3) is 3.10. The van der Waals surface area contributed by atoms with Crippen LogP contribution >= 0.6 is 11.8 Å². The second-order valence-corrected chi connectivity index (χ2v) is 7.67. The molecule has 0 fully saturated rings. The van der Waals surface area contributed by atoms with E-state index in [0.717, 1.165) is 10.5 Å². The lowest BCUT2D eigenvalue weighted by Gasteiger charge is -2.17. The average Bonchev–Trinajstić information content (AvgIpc) is 2.46. The van der Waals surface area contributed by atoms with Crippen molar-refractivity contribution in [3.8, 4) is 0 Å². The number of carbonyl (C=O) groups is 1. The number of amides is 1. The molecular weight excluding hydrogens is 320 g/mol. The summed E-state index contributed by atoms with van der Waals surface area (Å²) in [5.41, 5.74) is 2.15. The monoisotopic (exact) mass is 334 g/mol. The van der Waals surface area contributed by atoms with Crippen LogP contribution in [0.25, 0.3) is 0 Å². The van der Waals surface area contributed by atoms with Crippen LogP contribution < -0.4 is 10.0 Å². The zero-order valence-corrected chi connectivity index (χ0v) is 13.4. The van der Waals surface area contributed by atoms with Crippen LogP contribution in [0.2, 0.25) is 0 Å². The Labute approximate surface area is 133 Å². The second-order valence-electron chi connectivity index (χ2n) is 4.97. The zero-order valence-electron chi connectivity index (χ0n) is 11.8. The smallest absolute Gasteiger partial charge is 0.261 e. The van der Waals surface area contributed by atoms with Crippen molar-refractivity contribution < 1.29 is 13.2 Å². The molecule has 1 aliphatic rings. The number of aryl methyl sites for hydroxylation is 1. The van der Waals surface area contributed by atoms with Crippen molar-refractivity contribution in [3.05, 3.63) is 48.0 Å². The number of rotatable bonds is 3. The van der Waals surface area contributed by atoms with E-state index in [0.29, 0.717) is 17.1 Å². The topological polar surface area (TPSA) is 75.3 Å². The van der Waals surface area contributed by atoms with Crippen LogP contribution in [-0.2, 0) is 14.8 Å². The average molecular weight is 334 g/mol. The van der Waals surface area contributed by atoms with Crippen molar-refractivity contribution >= 4 is 39.1 Å². The van der Waals surface area contributed by atoms with Gasteiger partial charge in [0.1, 0.15) is 0 Å². The molecule has 0 atom stereocenters. The first kappa shape index (κ1) is 14.9. The SMILES string of the molecule is Cc1cccc(NS(=O)(=O)c2ccc3c(c2)SCC(=O)N3)c1. The van der Waals surface area contributed by atoms with Gasteiger partial charge < -0.3 is 5.32 Å². The Balaban J connectivity index is 1.91. The van der Waals surface area contributed by atoms with Gasteiger partial charge in [-0.3, -0.25) is 9.52 Å². The van der Waals surface area contributed by atoms with E-state index in [2.05, 4.69) is 10.0 Å². The highest BCUT2D eigenvalue weighted by Crippen LogP contribution is 2.33. The van der Waals surface area contributed by atoms with Gasteiger partial charge in [-0.1, -0.05) is 12.1 Å². The summed E-state index contributed by atoms with van der Waals surface area (Å²) < 4.78 is 27.5. The molecule has 3 rings (SSSR count). The Morgan fingerprint density at radius 2 is 2.00 bits per heavy atom. The van der Waals surface area contributed by atoms with Crippen molar-refractivity contribution in [2.45, 2.75) is 16.7 Å². The van der Waals surface area contributed by atoms with Gasteiger partial charge >= 0.3 is 0 Å². The van der Waals surface area contributed by atoms with E-state index in [1.807, 2.05) is 13.0 Å². The lowest BCUT2D eigenvalue weighted by Crippen LogP contribution is -2.19. The molecule has 2 aromatic carbocycles. The first-order valence-corrected chi connectivity index (χ1v) is 9.07. The number of anilines is 2. The van der Waals surface area contributed by atoms with Gasteiger partial charge in [0, 0.05) is 10.6 Å². The summed E-state index contributed by atoms with van der Waals surface area (Å²) in [5, 5.41) is 2.72. The van der Waals surface area contributed by atoms with Gasteiger partial charge in [0.15, 0.2) is 0 Å². The molecule has 22 heavy (non-hydrogen) atoms. The Bertz CT molecular complexity index is 848. The number of nitrogens with one attached hydrogen (secondary N) is 2. The highest BCUT2D eigenvalue weighted by molar-refractivity contribution is 8.00. The van der Waals surface area contributed by atoms with Gasteiger partial charge in [0.05, 0.1) is 16.3 Å². The molecule has 0 saturated carbocycles. The molecule has 0 bridgehead atoms. The van der Waals surface area contributed by atoms with Crippen molar-refractivity contribution in [2.24, 2.45) is 0 Å². The first-order chi connectivity index (χ1) is 10.4. The second kappa shape index (κ2) is 5.66. The largest absolute Gasteiger partial charge is 0.324 e. The van der Waals surface area contributed by atoms with Crippen LogP contribution in [0.3, 0.4) is 0 Å². The fourth-order valence-corrected chi connectivity index (χ4v) is 4.14. The quantitative estimate of drug-likeness (QED) is 0.905. The van der Waals surface area contributed by atoms with E-state index in [1.165, 1.54) is 17.8 Å². The predicted octanol–water partition coefficient (Wildman–Crippen LogP) is 2.84. The summed E-state index contributed by atoms with van der Waals surface area (Å²) in [6.07, 6.45) is 0. The summed E-state index contributed by atoms with van der Waals surface area (Å²) in [6.45, 7) is 1.90. The maximum Gasteiger partial charge on any atom is 0.261 e. The molecule has 0 aliphatic carbocycles. The molecule has 1 aliphatic heterocycles. The van der Waals surface area contributed by atoms with Gasteiger partial charge in [-0.25, -0.2) is 8.42 Å². The summed E-state index contributed by atoms with van der Waals surface area (Å²) in [6, 6.07) is 11.9. The summed E-state index contributed by atoms with van der Waals surface area (Å²) in [4.78, 5) is 12.3. The van der Waals surface area contributed by atoms with Crippen LogP contribution in [-0.4, -0.2) is 20.1 Å². The molecule has 114 valence electrons. The maximum atomic E-state index is 12.5. The molecule has 0 aromatic heterocycles. The Morgan fingerprint density at radius 1 is 1.18 bits per heavy atom. The number of sulfonamides is 1. The minimum Gasteiger partial charge on any atom is -0.324 e. The van der Waals surface area contributed by atoms with Gasteiger partial charge in [-0.2, -0.15) is 0 Å². The van der Waals surface area contributed by atoms with Crippen LogP contribution in [0.5, 0.6) is 0 Å². The fourth-order valence-electron chi connectivity index (χ4n) is 2.14. The maximum absolute atomic E-state index is 12.5. The third-order valence-electron chi connectivity index (χ3n) is 3.17. The van der Waals surface area contributed by atoms with E-state index >= 15 is 0 Å². The molecule has 2 N–H and O–H groups in total. The minimum atomic E-state index is -3.65. The van der Waals surface area contributed by atoms with Crippen LogP contribution in [0.1, 0.15) is 5.56 Å². The van der Waals surface area contributed by atoms with E-state index in [-0.39, 0.29) is 10.8 Å². The molecule has 2 aromatic rings. The summed E-state index contributed by atoms with van der Waals surface area (Å²) in [5.74, 6) is 0.216. The standard InChI is InChI=1S/C15H14N2O3S2/c1-10-3-2-4-11(7-10)17-22(19,20)12-5-6-13-14(8-12)21-9-15(18)16-13/h2-8,17H,9H2,1H3,(H,16,18). The fraction of sp³-hybridized carbons (Fsp3) is 0.133. The Kier molecular flexibility index (Phi) is 3.84. The third-order valence-corrected chi connectivity index (χ3v) is 5.60. The van der Waals surface area contributed by atoms with Gasteiger partial charge in [-0.05, 0) is 42.8 Å². The summed E-state index contributed by atoms with van der Waals surface area (Å²) in [7, 11) is -3.65. The highest BCUT2D eigenvalue weighted by Gasteiger charge is 2.20. The van der Waals surface area contributed by atoms with E-state index in [1.54, 1.807) is 30.3 Å². The van der Waals surface area contributed by atoms with Crippen LogP contribution in [0, 0.1) is 6.92 Å². The van der Waals surface area contributed by atoms with Gasteiger partial charge in [0.25, 0.3) is 10.0 Å². The lowest BCUT2D eigenvalue weighted by molar-refractivity contribution is -0.113. The molecule has 1 amide bonds. The molecule has 0 saturated heterocycles. The van der Waals surface area contributed by atoms with Crippen molar-refractivity contribution in [3.63, 3.8) is 0 Å². The normalized spacial score (nSPS) is 14.1. The number of benzene rings is 2. The minimum absolute atomic E-state index is 0.0778. The van der Waals surface area contributed by atoms with E-state index in [9.17, 15) is 13.2 Å². The van der Waals surface area contributed by atoms with Gasteiger partial charge in [0.2, 0.25) is 5.91 Å². The Hall–Kier alpha value is -1.99. The van der Waals surface area contributed by atoms with E-state index < -0.39 is 10.0 Å². The highest BCUT2D eigenvalue weighted by atomic mass is 32.2. The molecule has 1 heterocycles. The Morgan fingerprint density at radius 3 is 2.77 bits per heavy atom. The molecule has 5 nitrogen and oxygen atoms in total. The number of fused-ring (bicyclic) bond motifs is 1. The predicted molar refractivity (Wildman–Crippen MR) is 87.8 cm³/mol. The molecule has 7 heteroatoms. The molecule has 0 radical (unpaired) electrons. The van der Waals surface area contributed by atoms with Crippen LogP contribution in [0.15, 0.2) is 52.3 Å². The molecule has 0 spiro atoms. The number of carbonyl (C=O) groups excluding carboxylic acids is 1. The first-order valence-electron chi connectivity index (χ1n) is 6.60. The number of thioether (sulfide) groups is 1. The van der Waals surface area contributed by atoms with Crippen molar-refractivity contribution in [2.75, 3.05) is 15.8 Å². The lowest BCUT2D eigenvalue weighted by atomic mass is 10.2. The van der Waals surface area contributed by atoms with E-state index in [4.69, 9.17) is 0 Å². The molecule has 0 unspecified atom stereocenters. The number of hydrogen-bond donors (Lipinski definition) is 2. The van der Waals surface area contributed by atoms with Crippen molar-refractivity contribution in [1.82, 2.24) is 0 Å². The molecular formula is C15H14N2O3S2. The van der Waals surface area contributed by atoms with Crippen molar-refractivity contribution in [1.29, 1.82) is 0 Å². The van der Waals surface area contributed by atoms with Gasteiger partial charge in [-0.15, -0.1) is 11.8 Å². The zero-order chi connectivity index (χ0) is 15.7. The summed E-state index contributed by atoms with van der Waals surface area (Å²) >= 11 is 1.33. The van der Waals surface area contributed by atoms with Crippen LogP contribution in [0.4, 0.5) is 11.4 Å².